The number of nitrogens with two attached hydrogens (primary N) is 1. The van der Waals surface area contributed by atoms with E-state index in [0.717, 1.165) is 37.1 Å². The van der Waals surface area contributed by atoms with Crippen LogP contribution in [0.3, 0.4) is 0 Å². The number of nitrogens with one attached hydrogen (secondary N) is 2. The second-order valence-electron chi connectivity index (χ2n) is 5.06. The van der Waals surface area contributed by atoms with Crippen molar-refractivity contribution in [2.45, 2.75) is 26.2 Å². The molecule has 0 amide bonds. The highest BCUT2D eigenvalue weighted by molar-refractivity contribution is 5.90. The number of hydrogen-bond donors (Lipinski definition) is 3. The van der Waals surface area contributed by atoms with Gasteiger partial charge in [0.25, 0.3) is 0 Å². The lowest BCUT2D eigenvalue weighted by Crippen LogP contribution is -2.23. The van der Waals surface area contributed by atoms with Crippen LogP contribution in [0, 0.1) is 0 Å². The molecule has 6 nitrogen and oxygen atoms in total. The first-order valence-electron chi connectivity index (χ1n) is 7.96. The van der Waals surface area contributed by atoms with Gasteiger partial charge in [-0.2, -0.15) is 0 Å². The van der Waals surface area contributed by atoms with Crippen molar-refractivity contribution in [1.82, 2.24) is 10.6 Å². The van der Waals surface area contributed by atoms with Crippen molar-refractivity contribution in [3.05, 3.63) is 35.2 Å². The standard InChI is InChI=1S/C17H28N6/c1-4-14(7-10-19-2)8-11-22-17-21-9-5-6-16(23-17)15(12-18)13-20-3/h6-7,9-10,12,20H,4-5,8,11,13,18H2,1-3H3,(H,22,23)/b14-7+,15-12+,19-10-. The molecule has 1 aliphatic heterocycles. The molecule has 4 N–H and O–H groups in total. The van der Waals surface area contributed by atoms with Crippen LogP contribution in [-0.2, 0) is 0 Å². The van der Waals surface area contributed by atoms with Crippen molar-refractivity contribution in [2.75, 3.05) is 27.2 Å². The Balaban J connectivity index is 2.68. The molecule has 0 fully saturated rings. The third-order valence-corrected chi connectivity index (χ3v) is 3.40. The lowest BCUT2D eigenvalue weighted by molar-refractivity contribution is 0.820. The molecule has 0 saturated heterocycles. The second kappa shape index (κ2) is 11.4. The molecule has 0 unspecified atom stereocenters. The maximum Gasteiger partial charge on any atom is 0.222 e. The van der Waals surface area contributed by atoms with E-state index in [1.807, 2.05) is 25.6 Å². The SMILES string of the molecule is CC/C(=C\C=N/C)CCNC1=NC(/C(=C/N)CNC)=CCC=N1. The van der Waals surface area contributed by atoms with Gasteiger partial charge in [-0.05, 0) is 26.0 Å². The van der Waals surface area contributed by atoms with Crippen LogP contribution in [0.4, 0.5) is 0 Å². The van der Waals surface area contributed by atoms with Crippen LogP contribution in [-0.4, -0.2) is 45.6 Å². The van der Waals surface area contributed by atoms with Crippen molar-refractivity contribution in [3.63, 3.8) is 0 Å². The summed E-state index contributed by atoms with van der Waals surface area (Å²) in [6.07, 6.45) is 12.1. The molecule has 0 radical (unpaired) electrons. The molecule has 6 heteroatoms. The van der Waals surface area contributed by atoms with E-state index in [4.69, 9.17) is 5.73 Å². The van der Waals surface area contributed by atoms with E-state index in [0.29, 0.717) is 12.5 Å². The van der Waals surface area contributed by atoms with Crippen molar-refractivity contribution >= 4 is 18.4 Å². The van der Waals surface area contributed by atoms with Crippen LogP contribution in [0.2, 0.25) is 0 Å². The van der Waals surface area contributed by atoms with E-state index < -0.39 is 0 Å². The highest BCUT2D eigenvalue weighted by atomic mass is 15.1. The van der Waals surface area contributed by atoms with E-state index in [2.05, 4.69) is 38.6 Å². The smallest absolute Gasteiger partial charge is 0.222 e. The van der Waals surface area contributed by atoms with E-state index in [1.165, 1.54) is 5.57 Å². The number of aliphatic imine (C=N–C) groups is 3. The molecule has 23 heavy (non-hydrogen) atoms. The summed E-state index contributed by atoms with van der Waals surface area (Å²) in [6.45, 7) is 3.61. The Morgan fingerprint density at radius 2 is 2.30 bits per heavy atom. The molecule has 0 aromatic heterocycles. The van der Waals surface area contributed by atoms with Crippen LogP contribution >= 0.6 is 0 Å². The summed E-state index contributed by atoms with van der Waals surface area (Å²) in [7, 11) is 3.66. The highest BCUT2D eigenvalue weighted by Crippen LogP contribution is 2.13. The molecule has 0 bridgehead atoms. The molecular weight excluding hydrogens is 288 g/mol. The van der Waals surface area contributed by atoms with Crippen LogP contribution in [0.25, 0.3) is 0 Å². The fraction of sp³-hybridized carbons (Fsp3) is 0.471. The fourth-order valence-corrected chi connectivity index (χ4v) is 2.10. The van der Waals surface area contributed by atoms with Gasteiger partial charge in [0.2, 0.25) is 5.96 Å². The number of likely N-dealkylation sites (N-methyl/N-ethyl adjacent to an activating group) is 1. The summed E-state index contributed by atoms with van der Waals surface area (Å²) < 4.78 is 0. The summed E-state index contributed by atoms with van der Waals surface area (Å²) >= 11 is 0. The summed E-state index contributed by atoms with van der Waals surface area (Å²) in [4.78, 5) is 12.9. The van der Waals surface area contributed by atoms with Crippen molar-refractivity contribution in [3.8, 4) is 0 Å². The molecule has 1 heterocycles. The zero-order valence-corrected chi connectivity index (χ0v) is 14.3. The van der Waals surface area contributed by atoms with Crippen LogP contribution in [0.5, 0.6) is 0 Å². The fourth-order valence-electron chi connectivity index (χ4n) is 2.10. The van der Waals surface area contributed by atoms with E-state index >= 15 is 0 Å². The van der Waals surface area contributed by atoms with Crippen molar-refractivity contribution < 1.29 is 0 Å². The Kier molecular flexibility index (Phi) is 9.31. The average molecular weight is 316 g/mol. The van der Waals surface area contributed by atoms with Gasteiger partial charge in [-0.1, -0.05) is 18.6 Å². The lowest BCUT2D eigenvalue weighted by Gasteiger charge is -2.09. The molecule has 0 atom stereocenters. The maximum atomic E-state index is 5.70. The minimum atomic E-state index is 0.629. The molecule has 0 aromatic carbocycles. The zero-order chi connectivity index (χ0) is 16.9. The van der Waals surface area contributed by atoms with Gasteiger partial charge in [-0.3, -0.25) is 4.99 Å². The minimum absolute atomic E-state index is 0.629. The highest BCUT2D eigenvalue weighted by Gasteiger charge is 2.07. The Labute approximate surface area is 139 Å². The van der Waals surface area contributed by atoms with Gasteiger partial charge in [0, 0.05) is 50.8 Å². The van der Waals surface area contributed by atoms with Crippen LogP contribution < -0.4 is 16.4 Å². The first-order chi connectivity index (χ1) is 11.2. The molecule has 0 spiro atoms. The number of guanidine groups is 1. The summed E-state index contributed by atoms with van der Waals surface area (Å²) in [5.41, 5.74) is 8.87. The third-order valence-electron chi connectivity index (χ3n) is 3.40. The second-order valence-corrected chi connectivity index (χ2v) is 5.06. The summed E-state index contributed by atoms with van der Waals surface area (Å²) in [5, 5.41) is 6.39. The first kappa shape index (κ1) is 18.8. The lowest BCUT2D eigenvalue weighted by atomic mass is 10.1. The normalized spacial score (nSPS) is 16.3. The van der Waals surface area contributed by atoms with Gasteiger partial charge in [0.15, 0.2) is 0 Å². The number of rotatable bonds is 8. The van der Waals surface area contributed by atoms with E-state index in [1.54, 1.807) is 13.2 Å². The summed E-state index contributed by atoms with van der Waals surface area (Å²) in [6, 6.07) is 0. The zero-order valence-electron chi connectivity index (χ0n) is 14.3. The van der Waals surface area contributed by atoms with Gasteiger partial charge in [-0.25, -0.2) is 9.98 Å². The van der Waals surface area contributed by atoms with Crippen molar-refractivity contribution in [1.29, 1.82) is 0 Å². The van der Waals surface area contributed by atoms with Crippen LogP contribution in [0.15, 0.2) is 50.2 Å². The van der Waals surface area contributed by atoms with Gasteiger partial charge in [0.05, 0.1) is 5.70 Å². The molecule has 0 saturated carbocycles. The molecule has 0 aromatic rings. The van der Waals surface area contributed by atoms with Crippen molar-refractivity contribution in [2.24, 2.45) is 20.7 Å². The molecule has 126 valence electrons. The Bertz CT molecular complexity index is 537. The molecule has 0 aliphatic carbocycles. The van der Waals surface area contributed by atoms with Gasteiger partial charge < -0.3 is 16.4 Å². The Morgan fingerprint density at radius 3 is 2.96 bits per heavy atom. The number of nitrogens with zero attached hydrogens (tertiary/aromatic N) is 3. The minimum Gasteiger partial charge on any atom is -0.404 e. The van der Waals surface area contributed by atoms with E-state index in [9.17, 15) is 0 Å². The monoisotopic (exact) mass is 316 g/mol. The number of allylic oxidation sites excluding steroid dienone is 2. The predicted octanol–water partition coefficient (Wildman–Crippen LogP) is 1.78. The van der Waals surface area contributed by atoms with Gasteiger partial charge in [0.1, 0.15) is 0 Å². The van der Waals surface area contributed by atoms with Gasteiger partial charge >= 0.3 is 0 Å². The number of hydrogen-bond acceptors (Lipinski definition) is 6. The first-order valence-corrected chi connectivity index (χ1v) is 7.96. The molecule has 1 rings (SSSR count). The quantitative estimate of drug-likeness (QED) is 0.597. The topological polar surface area (TPSA) is 87.2 Å². The Hall–Kier alpha value is -2.21. The van der Waals surface area contributed by atoms with Gasteiger partial charge in [-0.15, -0.1) is 0 Å². The predicted molar refractivity (Wildman–Crippen MR) is 100 cm³/mol. The molecule has 1 aliphatic rings. The largest absolute Gasteiger partial charge is 0.404 e. The maximum absolute atomic E-state index is 5.70. The van der Waals surface area contributed by atoms with E-state index in [-0.39, 0.29) is 0 Å². The Morgan fingerprint density at radius 1 is 1.48 bits per heavy atom. The van der Waals surface area contributed by atoms with Crippen LogP contribution in [0.1, 0.15) is 26.2 Å². The average Bonchev–Trinajstić information content (AvgIpc) is 2.81. The molecular formula is C17H28N6. The summed E-state index contributed by atoms with van der Waals surface area (Å²) in [5.74, 6) is 0.629. The third kappa shape index (κ3) is 7.06.